The number of nitrogens with zero attached hydrogens (tertiary/aromatic N) is 2. The van der Waals surface area contributed by atoms with Crippen molar-refractivity contribution >= 4 is 18.1 Å². The Morgan fingerprint density at radius 3 is 2.81 bits per heavy atom. The second-order valence-electron chi connectivity index (χ2n) is 5.81. The molecule has 2 rings (SSSR count). The molecule has 1 aliphatic rings. The molecule has 1 aliphatic heterocycles. The number of piperidine rings is 1. The fraction of sp³-hybridized carbons (Fsp3) is 0.600. The molecule has 0 aliphatic carbocycles. The van der Waals surface area contributed by atoms with Gasteiger partial charge in [-0.15, -0.1) is 12.4 Å². The maximum Gasteiger partial charge on any atom is 0.272 e. The van der Waals surface area contributed by atoms with Crippen LogP contribution in [0.15, 0.2) is 18.2 Å². The van der Waals surface area contributed by atoms with E-state index in [2.05, 4.69) is 11.8 Å². The molecule has 1 aromatic rings. The van der Waals surface area contributed by atoms with Crippen LogP contribution >= 0.6 is 12.4 Å². The number of benzene rings is 1. The Balaban J connectivity index is 0.00000220. The summed E-state index contributed by atoms with van der Waals surface area (Å²) in [6, 6.07) is 5.70. The number of hydrogen-bond donors (Lipinski definition) is 1. The first-order chi connectivity index (χ1) is 9.52. The molecule has 0 spiro atoms. The van der Waals surface area contributed by atoms with Crippen LogP contribution in [-0.2, 0) is 6.54 Å². The van der Waals surface area contributed by atoms with E-state index in [9.17, 15) is 10.1 Å². The molecule has 0 amide bonds. The van der Waals surface area contributed by atoms with Crippen molar-refractivity contribution in [3.05, 3.63) is 39.4 Å². The van der Waals surface area contributed by atoms with Gasteiger partial charge in [-0.3, -0.25) is 15.0 Å². The monoisotopic (exact) mass is 313 g/mol. The van der Waals surface area contributed by atoms with E-state index in [1.165, 1.54) is 6.42 Å². The Kier molecular flexibility index (Phi) is 6.58. The minimum absolute atomic E-state index is 0. The van der Waals surface area contributed by atoms with Crippen LogP contribution in [0.5, 0.6) is 0 Å². The summed E-state index contributed by atoms with van der Waals surface area (Å²) < 4.78 is 0. The molecular formula is C15H24ClN3O2. The SMILES string of the molecule is Cc1c(CN2CCC(C)CC2CN)cccc1[N+](=O)[O-].Cl. The minimum Gasteiger partial charge on any atom is -0.329 e. The molecular weight excluding hydrogens is 290 g/mol. The molecule has 1 fully saturated rings. The van der Waals surface area contributed by atoms with Gasteiger partial charge in [0.2, 0.25) is 0 Å². The summed E-state index contributed by atoms with van der Waals surface area (Å²) in [6.45, 7) is 6.52. The van der Waals surface area contributed by atoms with E-state index < -0.39 is 0 Å². The van der Waals surface area contributed by atoms with Crippen LogP contribution in [0.3, 0.4) is 0 Å². The molecule has 6 heteroatoms. The Labute approximate surface area is 132 Å². The lowest BCUT2D eigenvalue weighted by atomic mass is 9.91. The highest BCUT2D eigenvalue weighted by Crippen LogP contribution is 2.27. The number of hydrogen-bond acceptors (Lipinski definition) is 4. The van der Waals surface area contributed by atoms with Crippen molar-refractivity contribution in [2.45, 2.75) is 39.3 Å². The first-order valence-electron chi connectivity index (χ1n) is 7.20. The normalized spacial score (nSPS) is 22.6. The first kappa shape index (κ1) is 17.9. The number of rotatable bonds is 4. The van der Waals surface area contributed by atoms with E-state index in [0.717, 1.165) is 30.6 Å². The quantitative estimate of drug-likeness (QED) is 0.685. The summed E-state index contributed by atoms with van der Waals surface area (Å²) in [7, 11) is 0. The highest BCUT2D eigenvalue weighted by Gasteiger charge is 2.26. The van der Waals surface area contributed by atoms with Gasteiger partial charge in [-0.2, -0.15) is 0 Å². The van der Waals surface area contributed by atoms with E-state index in [1.54, 1.807) is 12.1 Å². The standard InChI is InChI=1S/C15H23N3O2.ClH/c1-11-6-7-17(14(8-11)9-16)10-13-4-3-5-15(12(13)2)18(19)20;/h3-5,11,14H,6-10,16H2,1-2H3;1H. The van der Waals surface area contributed by atoms with Crippen LogP contribution in [0.2, 0.25) is 0 Å². The minimum atomic E-state index is -0.308. The summed E-state index contributed by atoms with van der Waals surface area (Å²) >= 11 is 0. The zero-order chi connectivity index (χ0) is 14.7. The van der Waals surface area contributed by atoms with Crippen molar-refractivity contribution in [3.63, 3.8) is 0 Å². The molecule has 118 valence electrons. The third-order valence-corrected chi connectivity index (χ3v) is 4.36. The number of nitro groups is 1. The smallest absolute Gasteiger partial charge is 0.272 e. The van der Waals surface area contributed by atoms with Gasteiger partial charge in [0.05, 0.1) is 4.92 Å². The lowest BCUT2D eigenvalue weighted by molar-refractivity contribution is -0.385. The fourth-order valence-electron chi connectivity index (χ4n) is 3.01. The second-order valence-corrected chi connectivity index (χ2v) is 5.81. The van der Waals surface area contributed by atoms with E-state index in [4.69, 9.17) is 5.73 Å². The molecule has 0 bridgehead atoms. The van der Waals surface area contributed by atoms with E-state index in [0.29, 0.717) is 18.5 Å². The molecule has 2 unspecified atom stereocenters. The van der Waals surface area contributed by atoms with Crippen molar-refractivity contribution in [2.24, 2.45) is 11.7 Å². The van der Waals surface area contributed by atoms with E-state index in [1.807, 2.05) is 13.0 Å². The van der Waals surface area contributed by atoms with Gasteiger partial charge < -0.3 is 5.73 Å². The van der Waals surface area contributed by atoms with Crippen LogP contribution in [0, 0.1) is 23.0 Å². The van der Waals surface area contributed by atoms with Gasteiger partial charge >= 0.3 is 0 Å². The lowest BCUT2D eigenvalue weighted by Crippen LogP contribution is -2.45. The molecule has 5 nitrogen and oxygen atoms in total. The second kappa shape index (κ2) is 7.73. The van der Waals surface area contributed by atoms with Crippen LogP contribution in [0.4, 0.5) is 5.69 Å². The molecule has 21 heavy (non-hydrogen) atoms. The third kappa shape index (κ3) is 4.15. The van der Waals surface area contributed by atoms with Gasteiger partial charge in [-0.05, 0) is 37.8 Å². The van der Waals surface area contributed by atoms with Crippen LogP contribution in [-0.4, -0.2) is 29.0 Å². The van der Waals surface area contributed by atoms with Crippen molar-refractivity contribution in [3.8, 4) is 0 Å². The predicted octanol–water partition coefficient (Wildman–Crippen LogP) is 2.88. The van der Waals surface area contributed by atoms with Gasteiger partial charge in [0.25, 0.3) is 5.69 Å². The lowest BCUT2D eigenvalue weighted by Gasteiger charge is -2.38. The molecule has 1 saturated heterocycles. The van der Waals surface area contributed by atoms with Crippen molar-refractivity contribution in [1.82, 2.24) is 4.90 Å². The van der Waals surface area contributed by atoms with Crippen LogP contribution < -0.4 is 5.73 Å². The summed E-state index contributed by atoms with van der Waals surface area (Å²) in [5, 5.41) is 11.0. The fourth-order valence-corrected chi connectivity index (χ4v) is 3.01. The van der Waals surface area contributed by atoms with Crippen LogP contribution in [0.1, 0.15) is 30.9 Å². The van der Waals surface area contributed by atoms with Crippen molar-refractivity contribution < 1.29 is 4.92 Å². The van der Waals surface area contributed by atoms with Crippen LogP contribution in [0.25, 0.3) is 0 Å². The summed E-state index contributed by atoms with van der Waals surface area (Å²) in [5.74, 6) is 0.714. The Hall–Kier alpha value is -1.17. The highest BCUT2D eigenvalue weighted by molar-refractivity contribution is 5.85. The number of likely N-dealkylation sites (tertiary alicyclic amines) is 1. The van der Waals surface area contributed by atoms with Gasteiger partial charge in [0.1, 0.15) is 0 Å². The number of halogens is 1. The number of nitrogens with two attached hydrogens (primary N) is 1. The molecule has 0 radical (unpaired) electrons. The molecule has 1 heterocycles. The Morgan fingerprint density at radius 1 is 1.48 bits per heavy atom. The molecule has 0 saturated carbocycles. The molecule has 2 N–H and O–H groups in total. The topological polar surface area (TPSA) is 72.4 Å². The van der Waals surface area contributed by atoms with Gasteiger partial charge in [0, 0.05) is 30.8 Å². The van der Waals surface area contributed by atoms with Crippen molar-refractivity contribution in [2.75, 3.05) is 13.1 Å². The molecule has 2 atom stereocenters. The average molecular weight is 314 g/mol. The van der Waals surface area contributed by atoms with Crippen molar-refractivity contribution in [1.29, 1.82) is 0 Å². The van der Waals surface area contributed by atoms with E-state index in [-0.39, 0.29) is 23.0 Å². The highest BCUT2D eigenvalue weighted by atomic mass is 35.5. The maximum absolute atomic E-state index is 11.0. The zero-order valence-electron chi connectivity index (χ0n) is 12.6. The summed E-state index contributed by atoms with van der Waals surface area (Å²) in [6.07, 6.45) is 2.29. The third-order valence-electron chi connectivity index (χ3n) is 4.36. The summed E-state index contributed by atoms with van der Waals surface area (Å²) in [5.41, 5.74) is 7.89. The summed E-state index contributed by atoms with van der Waals surface area (Å²) in [4.78, 5) is 13.1. The zero-order valence-corrected chi connectivity index (χ0v) is 13.4. The molecule has 0 aromatic heterocycles. The van der Waals surface area contributed by atoms with E-state index >= 15 is 0 Å². The largest absolute Gasteiger partial charge is 0.329 e. The number of nitro benzene ring substituents is 1. The average Bonchev–Trinajstić information content (AvgIpc) is 2.42. The predicted molar refractivity (Wildman–Crippen MR) is 86.7 cm³/mol. The van der Waals surface area contributed by atoms with Gasteiger partial charge in [-0.25, -0.2) is 0 Å². The van der Waals surface area contributed by atoms with Gasteiger partial charge in [-0.1, -0.05) is 19.1 Å². The maximum atomic E-state index is 11.0. The Morgan fingerprint density at radius 2 is 2.19 bits per heavy atom. The van der Waals surface area contributed by atoms with Gasteiger partial charge in [0.15, 0.2) is 0 Å². The Bertz CT molecular complexity index is 496. The molecule has 1 aromatic carbocycles. The first-order valence-corrected chi connectivity index (χ1v) is 7.20.